The Labute approximate surface area is 173 Å². The molecule has 2 rings (SSSR count). The van der Waals surface area contributed by atoms with Gasteiger partial charge in [-0.15, -0.1) is 0 Å². The monoisotopic (exact) mass is 413 g/mol. The van der Waals surface area contributed by atoms with E-state index in [1.165, 1.54) is 25.1 Å². The lowest BCUT2D eigenvalue weighted by Crippen LogP contribution is -2.53. The number of rotatable bonds is 9. The molecule has 0 fully saturated rings. The third kappa shape index (κ3) is 6.40. The number of carbonyl (C=O) groups excluding carboxylic acids is 3. The van der Waals surface area contributed by atoms with Crippen molar-refractivity contribution in [3.05, 3.63) is 75.8 Å². The molecule has 0 saturated carbocycles. The van der Waals surface area contributed by atoms with E-state index >= 15 is 0 Å². The maximum atomic E-state index is 12.9. The molecule has 2 aromatic rings. The van der Waals surface area contributed by atoms with Gasteiger partial charge in [0.15, 0.2) is 0 Å². The highest BCUT2D eigenvalue weighted by atomic mass is 16.6. The summed E-state index contributed by atoms with van der Waals surface area (Å²) >= 11 is 0. The molecule has 9 nitrogen and oxygen atoms in total. The van der Waals surface area contributed by atoms with Crippen molar-refractivity contribution >= 4 is 23.5 Å². The van der Waals surface area contributed by atoms with Gasteiger partial charge in [0, 0.05) is 31.4 Å². The zero-order valence-corrected chi connectivity index (χ0v) is 16.7. The number of nitro benzene ring substituents is 1. The molecule has 2 aromatic carbocycles. The quantitative estimate of drug-likeness (QED) is 0.365. The minimum absolute atomic E-state index is 0.131. The van der Waals surface area contributed by atoms with E-state index < -0.39 is 34.8 Å². The first-order valence-corrected chi connectivity index (χ1v) is 9.23. The molecule has 2 atom stereocenters. The largest absolute Gasteiger partial charge is 0.467 e. The molecule has 0 aromatic heterocycles. The van der Waals surface area contributed by atoms with Gasteiger partial charge in [-0.3, -0.25) is 19.7 Å². The maximum absolute atomic E-state index is 12.9. The molecule has 0 aliphatic heterocycles. The normalized spacial score (nSPS) is 12.3. The van der Waals surface area contributed by atoms with Gasteiger partial charge < -0.3 is 15.4 Å². The summed E-state index contributed by atoms with van der Waals surface area (Å²) in [4.78, 5) is 47.4. The Morgan fingerprint density at radius 3 is 2.20 bits per heavy atom. The van der Waals surface area contributed by atoms with E-state index in [0.717, 1.165) is 12.7 Å². The SMILES string of the molecule is COC(=O)[C@H](Cc1ccccc1[N+](=O)[O-])NC(=O)[C@H](Cc1ccccc1)NC(C)=O. The van der Waals surface area contributed by atoms with Crippen LogP contribution in [0.2, 0.25) is 0 Å². The number of para-hydroxylation sites is 1. The number of hydrogen-bond acceptors (Lipinski definition) is 6. The number of hydrogen-bond donors (Lipinski definition) is 2. The zero-order chi connectivity index (χ0) is 22.1. The lowest BCUT2D eigenvalue weighted by Gasteiger charge is -2.22. The van der Waals surface area contributed by atoms with E-state index in [2.05, 4.69) is 10.6 Å². The number of nitro groups is 1. The van der Waals surface area contributed by atoms with Crippen LogP contribution >= 0.6 is 0 Å². The van der Waals surface area contributed by atoms with Gasteiger partial charge >= 0.3 is 5.97 Å². The summed E-state index contributed by atoms with van der Waals surface area (Å²) in [6, 6.07) is 12.9. The van der Waals surface area contributed by atoms with Gasteiger partial charge in [-0.1, -0.05) is 48.5 Å². The van der Waals surface area contributed by atoms with E-state index in [-0.39, 0.29) is 24.1 Å². The molecule has 0 bridgehead atoms. The summed E-state index contributed by atoms with van der Waals surface area (Å²) < 4.78 is 4.75. The fourth-order valence-corrected chi connectivity index (χ4v) is 2.99. The van der Waals surface area contributed by atoms with E-state index in [0.29, 0.717) is 0 Å². The summed E-state index contributed by atoms with van der Waals surface area (Å²) in [5.41, 5.74) is 0.931. The number of carbonyl (C=O) groups is 3. The predicted molar refractivity (Wildman–Crippen MR) is 108 cm³/mol. The zero-order valence-electron chi connectivity index (χ0n) is 16.7. The topological polar surface area (TPSA) is 128 Å². The van der Waals surface area contributed by atoms with Crippen LogP contribution in [0.4, 0.5) is 5.69 Å². The highest BCUT2D eigenvalue weighted by molar-refractivity contribution is 5.90. The molecular formula is C21H23N3O6. The van der Waals surface area contributed by atoms with Crippen molar-refractivity contribution in [1.82, 2.24) is 10.6 Å². The summed E-state index contributed by atoms with van der Waals surface area (Å²) in [7, 11) is 1.16. The Morgan fingerprint density at radius 2 is 1.60 bits per heavy atom. The number of methoxy groups -OCH3 is 1. The van der Waals surface area contributed by atoms with Gasteiger partial charge in [0.1, 0.15) is 12.1 Å². The number of esters is 1. The average molecular weight is 413 g/mol. The predicted octanol–water partition coefficient (Wildman–Crippen LogP) is 1.54. The van der Waals surface area contributed by atoms with Crippen molar-refractivity contribution < 1.29 is 24.0 Å². The van der Waals surface area contributed by atoms with Gasteiger partial charge in [-0.2, -0.15) is 0 Å². The van der Waals surface area contributed by atoms with E-state index in [1.54, 1.807) is 6.07 Å². The summed E-state index contributed by atoms with van der Waals surface area (Å²) in [6.07, 6.45) is 0.0827. The standard InChI is InChI=1S/C21H23N3O6/c1-14(25)22-17(12-15-8-4-3-5-9-15)20(26)23-18(21(27)30-2)13-16-10-6-7-11-19(16)24(28)29/h3-11,17-18H,12-13H2,1-2H3,(H,22,25)(H,23,26)/t17-,18-/m0/s1. The van der Waals surface area contributed by atoms with E-state index in [9.17, 15) is 24.5 Å². The number of amides is 2. The minimum atomic E-state index is -1.16. The van der Waals surface area contributed by atoms with Crippen molar-refractivity contribution in [2.45, 2.75) is 31.8 Å². The highest BCUT2D eigenvalue weighted by Crippen LogP contribution is 2.19. The second-order valence-electron chi connectivity index (χ2n) is 6.62. The molecule has 0 unspecified atom stereocenters. The molecule has 0 radical (unpaired) electrons. The Balaban J connectivity index is 2.22. The smallest absolute Gasteiger partial charge is 0.328 e. The molecule has 9 heteroatoms. The highest BCUT2D eigenvalue weighted by Gasteiger charge is 2.29. The molecular weight excluding hydrogens is 390 g/mol. The number of benzene rings is 2. The molecule has 2 N–H and O–H groups in total. The van der Waals surface area contributed by atoms with Crippen LogP contribution in [0.3, 0.4) is 0 Å². The molecule has 0 saturated heterocycles. The molecule has 0 spiro atoms. The van der Waals surface area contributed by atoms with Gasteiger partial charge in [0.25, 0.3) is 5.69 Å². The second kappa shape index (κ2) is 10.7. The maximum Gasteiger partial charge on any atom is 0.328 e. The lowest BCUT2D eigenvalue weighted by molar-refractivity contribution is -0.385. The van der Waals surface area contributed by atoms with E-state index in [4.69, 9.17) is 4.74 Å². The average Bonchev–Trinajstić information content (AvgIpc) is 2.72. The van der Waals surface area contributed by atoms with Crippen molar-refractivity contribution in [2.24, 2.45) is 0 Å². The van der Waals surface area contributed by atoms with Crippen molar-refractivity contribution in [1.29, 1.82) is 0 Å². The molecule has 0 aliphatic rings. The molecule has 0 aliphatic carbocycles. The van der Waals surface area contributed by atoms with Crippen LogP contribution < -0.4 is 10.6 Å². The van der Waals surface area contributed by atoms with Crippen molar-refractivity contribution in [3.63, 3.8) is 0 Å². The third-order valence-electron chi connectivity index (χ3n) is 4.39. The Morgan fingerprint density at radius 1 is 0.967 bits per heavy atom. The first-order valence-electron chi connectivity index (χ1n) is 9.23. The molecule has 2 amide bonds. The third-order valence-corrected chi connectivity index (χ3v) is 4.39. The van der Waals surface area contributed by atoms with Gasteiger partial charge in [0.05, 0.1) is 12.0 Å². The molecule has 158 valence electrons. The fraction of sp³-hybridized carbons (Fsp3) is 0.286. The summed E-state index contributed by atoms with van der Waals surface area (Å²) in [5.74, 6) is -1.75. The van der Waals surface area contributed by atoms with Gasteiger partial charge in [0.2, 0.25) is 11.8 Å². The minimum Gasteiger partial charge on any atom is -0.467 e. The van der Waals surface area contributed by atoms with Crippen LogP contribution in [0.15, 0.2) is 54.6 Å². The van der Waals surface area contributed by atoms with Gasteiger partial charge in [-0.05, 0) is 5.56 Å². The first-order chi connectivity index (χ1) is 14.3. The summed E-state index contributed by atoms with van der Waals surface area (Å²) in [5, 5.41) is 16.4. The van der Waals surface area contributed by atoms with Crippen LogP contribution in [0.25, 0.3) is 0 Å². The lowest BCUT2D eigenvalue weighted by atomic mass is 10.0. The fourth-order valence-electron chi connectivity index (χ4n) is 2.99. The molecule has 0 heterocycles. The van der Waals surface area contributed by atoms with Crippen LogP contribution in [0.1, 0.15) is 18.1 Å². The van der Waals surface area contributed by atoms with Crippen molar-refractivity contribution in [3.8, 4) is 0 Å². The first kappa shape index (κ1) is 22.5. The van der Waals surface area contributed by atoms with Crippen LogP contribution in [-0.2, 0) is 32.0 Å². The van der Waals surface area contributed by atoms with Crippen molar-refractivity contribution in [2.75, 3.05) is 7.11 Å². The second-order valence-corrected chi connectivity index (χ2v) is 6.62. The Bertz CT molecular complexity index is 916. The Kier molecular flexibility index (Phi) is 8.04. The molecule has 30 heavy (non-hydrogen) atoms. The number of nitrogens with one attached hydrogen (secondary N) is 2. The number of nitrogens with zero attached hydrogens (tertiary/aromatic N) is 1. The number of ether oxygens (including phenoxy) is 1. The van der Waals surface area contributed by atoms with Gasteiger partial charge in [-0.25, -0.2) is 4.79 Å². The summed E-state index contributed by atoms with van der Waals surface area (Å²) in [6.45, 7) is 1.29. The van der Waals surface area contributed by atoms with Crippen LogP contribution in [0.5, 0.6) is 0 Å². The van der Waals surface area contributed by atoms with E-state index in [1.807, 2.05) is 30.3 Å². The Hall–Kier alpha value is -3.75. The van der Waals surface area contributed by atoms with Crippen LogP contribution in [0, 0.1) is 10.1 Å². The van der Waals surface area contributed by atoms with Crippen LogP contribution in [-0.4, -0.2) is 41.9 Å².